The van der Waals surface area contributed by atoms with Crippen LogP contribution in [-0.4, -0.2) is 32.0 Å². The van der Waals surface area contributed by atoms with Crippen LogP contribution in [0.1, 0.15) is 23.0 Å². The molecule has 8 nitrogen and oxygen atoms in total. The lowest BCUT2D eigenvalue weighted by molar-refractivity contribution is 0.0994. The number of amides is 1. The molecule has 3 rings (SSSR count). The molecule has 2 N–H and O–H groups in total. The molecule has 0 bridgehead atoms. The number of aromatic hydroxyl groups is 1. The molecule has 0 fully saturated rings. The van der Waals surface area contributed by atoms with E-state index in [1.54, 1.807) is 4.57 Å². The zero-order valence-electron chi connectivity index (χ0n) is 13.4. The number of fused-ring (bicyclic) bond motifs is 1. The minimum Gasteiger partial charge on any atom is -0.493 e. The van der Waals surface area contributed by atoms with E-state index in [1.165, 1.54) is 18.3 Å². The molecule has 0 aliphatic carbocycles. The molecule has 2 aromatic heterocycles. The third kappa shape index (κ3) is 3.09. The summed E-state index contributed by atoms with van der Waals surface area (Å²) >= 11 is 0. The van der Waals surface area contributed by atoms with Crippen LogP contribution < -0.4 is 0 Å². The number of aryl methyl sites for hydroxylation is 1. The van der Waals surface area contributed by atoms with Crippen LogP contribution in [-0.2, 0) is 6.54 Å². The smallest absolute Gasteiger partial charge is 0.296 e. The van der Waals surface area contributed by atoms with Crippen LogP contribution in [0.25, 0.3) is 10.9 Å². The molecule has 0 radical (unpaired) electrons. The number of nitrogens with zero attached hydrogens (tertiary/aromatic N) is 5. The number of rotatable bonds is 4. The van der Waals surface area contributed by atoms with Crippen LogP contribution in [0.15, 0.2) is 58.0 Å². The number of para-hydroxylation sites is 1. The first kappa shape index (κ1) is 16.3. The summed E-state index contributed by atoms with van der Waals surface area (Å²) in [5.74, 6) is -0.624. The fraction of sp³-hybridized carbons (Fsp3) is 0.118. The number of azo groups is 1. The summed E-state index contributed by atoms with van der Waals surface area (Å²) in [6, 6.07) is 10.4. The second-order valence-electron chi connectivity index (χ2n) is 5.16. The summed E-state index contributed by atoms with van der Waals surface area (Å²) < 4.78 is 1.69. The van der Waals surface area contributed by atoms with Gasteiger partial charge in [0.25, 0.3) is 5.91 Å². The Hall–Kier alpha value is -3.55. The molecule has 0 atom stereocenters. The third-order valence-electron chi connectivity index (χ3n) is 3.70. The first-order valence-corrected chi connectivity index (χ1v) is 7.55. The predicted octanol–water partition coefficient (Wildman–Crippen LogP) is 3.49. The number of carbonyl (C=O) groups is 1. The minimum absolute atomic E-state index is 0.0344. The van der Waals surface area contributed by atoms with Crippen LogP contribution >= 0.6 is 0 Å². The molecule has 2 heterocycles. The number of pyridine rings is 1. The van der Waals surface area contributed by atoms with E-state index in [-0.39, 0.29) is 17.1 Å². The van der Waals surface area contributed by atoms with Crippen molar-refractivity contribution in [2.75, 3.05) is 0 Å². The number of hydrogen-bond acceptors (Lipinski definition) is 6. The zero-order valence-corrected chi connectivity index (χ0v) is 13.4. The van der Waals surface area contributed by atoms with E-state index in [9.17, 15) is 9.90 Å². The molecule has 0 saturated heterocycles. The number of oxime groups is 1. The molecule has 0 saturated carbocycles. The Bertz CT molecular complexity index is 974. The van der Waals surface area contributed by atoms with E-state index in [0.717, 1.165) is 11.7 Å². The van der Waals surface area contributed by atoms with E-state index < -0.39 is 5.91 Å². The Morgan fingerprint density at radius 3 is 2.76 bits per heavy atom. The van der Waals surface area contributed by atoms with E-state index in [4.69, 9.17) is 5.21 Å². The second-order valence-corrected chi connectivity index (χ2v) is 5.16. The normalized spacial score (nSPS) is 11.7. The first-order chi connectivity index (χ1) is 12.2. The van der Waals surface area contributed by atoms with Gasteiger partial charge in [0.1, 0.15) is 0 Å². The van der Waals surface area contributed by atoms with E-state index >= 15 is 0 Å². The number of hydrogen-bond donors (Lipinski definition) is 2. The summed E-state index contributed by atoms with van der Waals surface area (Å²) in [5, 5.41) is 30.0. The molecule has 0 aliphatic heterocycles. The van der Waals surface area contributed by atoms with Crippen LogP contribution in [0.2, 0.25) is 0 Å². The largest absolute Gasteiger partial charge is 0.493 e. The highest BCUT2D eigenvalue weighted by Gasteiger charge is 2.15. The maximum atomic E-state index is 12.1. The Balaban J connectivity index is 1.93. The van der Waals surface area contributed by atoms with Crippen LogP contribution in [0.4, 0.5) is 5.69 Å². The molecule has 0 aliphatic rings. The van der Waals surface area contributed by atoms with Gasteiger partial charge in [0, 0.05) is 18.1 Å². The van der Waals surface area contributed by atoms with Gasteiger partial charge in [0.05, 0.1) is 23.0 Å². The van der Waals surface area contributed by atoms with Gasteiger partial charge >= 0.3 is 0 Å². The van der Waals surface area contributed by atoms with Crippen molar-refractivity contribution < 1.29 is 15.1 Å². The monoisotopic (exact) mass is 337 g/mol. The molecule has 3 aromatic rings. The molecule has 126 valence electrons. The molecule has 0 spiro atoms. The summed E-state index contributed by atoms with van der Waals surface area (Å²) in [6.45, 7) is 2.47. The summed E-state index contributed by atoms with van der Waals surface area (Å²) in [6.07, 6.45) is 2.46. The van der Waals surface area contributed by atoms with Crippen molar-refractivity contribution in [3.63, 3.8) is 0 Å². The summed E-state index contributed by atoms with van der Waals surface area (Å²) in [5.41, 5.74) is 1.71. The topological polar surface area (TPSA) is 112 Å². The van der Waals surface area contributed by atoms with Crippen molar-refractivity contribution in [2.45, 2.75) is 13.5 Å². The summed E-state index contributed by atoms with van der Waals surface area (Å²) in [4.78, 5) is 16.1. The van der Waals surface area contributed by atoms with Gasteiger partial charge in [0.15, 0.2) is 5.69 Å². The highest BCUT2D eigenvalue weighted by Crippen LogP contribution is 2.38. The lowest BCUT2D eigenvalue weighted by Crippen LogP contribution is -1.96. The fourth-order valence-corrected chi connectivity index (χ4v) is 2.51. The Morgan fingerprint density at radius 1 is 1.28 bits per heavy atom. The van der Waals surface area contributed by atoms with Gasteiger partial charge in [-0.15, -0.1) is 10.2 Å². The standard InChI is InChI=1S/C17H15N5O3/c1-2-22-14-6-4-3-5-13(14)15(17(22)24)20-21-16(23)11-7-8-12(10-19-25)18-9-11/h3-10,24-25H,2H2,1H3/b19-10-,21-20?. The van der Waals surface area contributed by atoms with Crippen molar-refractivity contribution in [1.82, 2.24) is 9.55 Å². The highest BCUT2D eigenvalue weighted by atomic mass is 16.4. The van der Waals surface area contributed by atoms with Crippen LogP contribution in [0.5, 0.6) is 5.88 Å². The second kappa shape index (κ2) is 6.91. The van der Waals surface area contributed by atoms with Gasteiger partial charge in [-0.3, -0.25) is 9.78 Å². The quantitative estimate of drug-likeness (QED) is 0.328. The number of benzene rings is 1. The maximum absolute atomic E-state index is 12.1. The van der Waals surface area contributed by atoms with Gasteiger partial charge in [-0.2, -0.15) is 0 Å². The van der Waals surface area contributed by atoms with E-state index in [2.05, 4.69) is 20.4 Å². The average Bonchev–Trinajstić information content (AvgIpc) is 2.91. The van der Waals surface area contributed by atoms with Crippen LogP contribution in [0.3, 0.4) is 0 Å². The van der Waals surface area contributed by atoms with Gasteiger partial charge < -0.3 is 14.9 Å². The highest BCUT2D eigenvalue weighted by molar-refractivity contribution is 5.97. The molecule has 1 aromatic carbocycles. The molecule has 0 unspecified atom stereocenters. The summed E-state index contributed by atoms with van der Waals surface area (Å²) in [7, 11) is 0. The molecule has 25 heavy (non-hydrogen) atoms. The number of carbonyl (C=O) groups excluding carboxylic acids is 1. The van der Waals surface area contributed by atoms with E-state index in [0.29, 0.717) is 17.6 Å². The zero-order chi connectivity index (χ0) is 17.8. The Kier molecular flexibility index (Phi) is 4.51. The van der Waals surface area contributed by atoms with Crippen molar-refractivity contribution in [2.24, 2.45) is 15.4 Å². The molecule has 8 heteroatoms. The van der Waals surface area contributed by atoms with Gasteiger partial charge in [-0.1, -0.05) is 23.4 Å². The maximum Gasteiger partial charge on any atom is 0.296 e. The van der Waals surface area contributed by atoms with Gasteiger partial charge in [-0.25, -0.2) is 0 Å². The lowest BCUT2D eigenvalue weighted by Gasteiger charge is -2.00. The molecular formula is C17H15N5O3. The predicted molar refractivity (Wildman–Crippen MR) is 91.7 cm³/mol. The van der Waals surface area contributed by atoms with Crippen molar-refractivity contribution in [3.05, 3.63) is 53.9 Å². The van der Waals surface area contributed by atoms with Crippen molar-refractivity contribution >= 4 is 28.7 Å². The fourth-order valence-electron chi connectivity index (χ4n) is 2.51. The number of aromatic nitrogens is 2. The Labute approximate surface area is 142 Å². The average molecular weight is 337 g/mol. The van der Waals surface area contributed by atoms with Crippen molar-refractivity contribution in [3.8, 4) is 5.88 Å². The van der Waals surface area contributed by atoms with E-state index in [1.807, 2.05) is 31.2 Å². The third-order valence-corrected chi connectivity index (χ3v) is 3.70. The SMILES string of the molecule is CCn1c(O)c(N=NC(=O)c2ccc(/C=N\O)nc2)c2ccccc21. The van der Waals surface area contributed by atoms with Gasteiger partial charge in [0.2, 0.25) is 5.88 Å². The van der Waals surface area contributed by atoms with Crippen LogP contribution in [0, 0.1) is 0 Å². The first-order valence-electron chi connectivity index (χ1n) is 7.55. The lowest BCUT2D eigenvalue weighted by atomic mass is 10.2. The minimum atomic E-state index is -0.590. The van der Waals surface area contributed by atoms with Crippen molar-refractivity contribution in [1.29, 1.82) is 0 Å². The molecule has 1 amide bonds. The van der Waals surface area contributed by atoms with Gasteiger partial charge in [-0.05, 0) is 25.1 Å². The molecular weight excluding hydrogens is 322 g/mol. The Morgan fingerprint density at radius 2 is 2.08 bits per heavy atom.